The van der Waals surface area contributed by atoms with Gasteiger partial charge in [0.05, 0.1) is 12.8 Å². The van der Waals surface area contributed by atoms with Gasteiger partial charge >= 0.3 is 0 Å². The summed E-state index contributed by atoms with van der Waals surface area (Å²) in [4.78, 5) is 15.1. The van der Waals surface area contributed by atoms with Gasteiger partial charge in [0.25, 0.3) is 0 Å². The minimum Gasteiger partial charge on any atom is -0.367 e. The molecule has 1 fully saturated rings. The first kappa shape index (κ1) is 20.3. The number of carbonyl (C=O) groups excluding carboxylic acids is 1. The van der Waals surface area contributed by atoms with E-state index in [1.807, 2.05) is 17.9 Å². The van der Waals surface area contributed by atoms with Crippen molar-refractivity contribution in [2.45, 2.75) is 39.0 Å². The Morgan fingerprint density at radius 2 is 1.96 bits per heavy atom. The maximum atomic E-state index is 13.0. The van der Waals surface area contributed by atoms with E-state index in [1.165, 1.54) is 12.0 Å². The van der Waals surface area contributed by atoms with Crippen LogP contribution in [0.1, 0.15) is 32.8 Å². The number of ether oxygens (including phenoxy) is 1. The number of rotatable bonds is 9. The van der Waals surface area contributed by atoms with E-state index >= 15 is 0 Å². The number of nitrogens with one attached hydrogen (secondary N) is 1. The highest BCUT2D eigenvalue weighted by molar-refractivity contribution is 7.98. The number of benzene rings is 1. The van der Waals surface area contributed by atoms with Crippen LogP contribution in [0.25, 0.3) is 0 Å². The normalized spacial score (nSPS) is 22.0. The highest BCUT2D eigenvalue weighted by Crippen LogP contribution is 2.22. The summed E-state index contributed by atoms with van der Waals surface area (Å²) in [5, 5.41) is 3.30. The summed E-state index contributed by atoms with van der Waals surface area (Å²) in [7, 11) is 0. The first-order valence-corrected chi connectivity index (χ1v) is 10.5. The molecule has 1 saturated heterocycles. The molecular weight excluding hydrogens is 332 g/mol. The van der Waals surface area contributed by atoms with Crippen LogP contribution in [0, 0.1) is 11.8 Å². The second-order valence-electron chi connectivity index (χ2n) is 7.08. The fraction of sp³-hybridized carbons (Fsp3) is 0.650. The van der Waals surface area contributed by atoms with Crippen molar-refractivity contribution in [2.75, 3.05) is 32.2 Å². The fourth-order valence-electron chi connectivity index (χ4n) is 3.41. The van der Waals surface area contributed by atoms with Crippen molar-refractivity contribution in [2.24, 2.45) is 11.8 Å². The van der Waals surface area contributed by atoms with E-state index in [2.05, 4.69) is 43.4 Å². The minimum absolute atomic E-state index is 0.183. The number of piperidine rings is 1. The quantitative estimate of drug-likeness (QED) is 0.539. The summed E-state index contributed by atoms with van der Waals surface area (Å²) >= 11 is 1.80. The van der Waals surface area contributed by atoms with Gasteiger partial charge in [0.1, 0.15) is 0 Å². The third kappa shape index (κ3) is 7.00. The smallest absolute Gasteiger partial charge is 0.240 e. The summed E-state index contributed by atoms with van der Waals surface area (Å²) in [6.45, 7) is 9.28. The lowest BCUT2D eigenvalue weighted by Crippen LogP contribution is -2.52. The summed E-state index contributed by atoms with van der Waals surface area (Å²) in [6, 6.07) is 10.2. The van der Waals surface area contributed by atoms with Gasteiger partial charge in [0, 0.05) is 31.2 Å². The molecular formula is C20H32N2O2S. The lowest BCUT2D eigenvalue weighted by atomic mass is 9.91. The van der Waals surface area contributed by atoms with Crippen LogP contribution in [-0.2, 0) is 15.3 Å². The van der Waals surface area contributed by atoms with Crippen molar-refractivity contribution in [1.82, 2.24) is 10.2 Å². The molecule has 0 bridgehead atoms. The van der Waals surface area contributed by atoms with E-state index in [0.29, 0.717) is 25.2 Å². The second-order valence-corrected chi connectivity index (χ2v) is 8.11. The van der Waals surface area contributed by atoms with Crippen molar-refractivity contribution in [3.63, 3.8) is 0 Å². The van der Waals surface area contributed by atoms with Crippen LogP contribution in [0.15, 0.2) is 30.3 Å². The van der Waals surface area contributed by atoms with Crippen LogP contribution < -0.4 is 5.32 Å². The molecule has 1 N–H and O–H groups in total. The molecule has 0 aromatic heterocycles. The van der Waals surface area contributed by atoms with Crippen molar-refractivity contribution >= 4 is 17.7 Å². The summed E-state index contributed by atoms with van der Waals surface area (Å²) < 4.78 is 5.42. The molecule has 0 spiro atoms. The topological polar surface area (TPSA) is 41.6 Å². The lowest BCUT2D eigenvalue weighted by Gasteiger charge is -2.37. The number of carbonyl (C=O) groups is 1. The van der Waals surface area contributed by atoms with E-state index in [4.69, 9.17) is 4.74 Å². The van der Waals surface area contributed by atoms with Crippen LogP contribution in [0.5, 0.6) is 0 Å². The molecule has 25 heavy (non-hydrogen) atoms. The molecule has 3 atom stereocenters. The Morgan fingerprint density at radius 1 is 1.28 bits per heavy atom. The van der Waals surface area contributed by atoms with Crippen LogP contribution in [0.3, 0.4) is 0 Å². The lowest BCUT2D eigenvalue weighted by molar-refractivity contribution is -0.136. The predicted octanol–water partition coefficient (Wildman–Crippen LogP) is 3.38. The largest absolute Gasteiger partial charge is 0.367 e. The molecule has 1 aliphatic heterocycles. The number of nitrogens with zero attached hydrogens (tertiary/aromatic N) is 1. The number of hydrogen-bond donors (Lipinski definition) is 1. The Labute approximate surface area is 156 Å². The van der Waals surface area contributed by atoms with Gasteiger partial charge in [-0.1, -0.05) is 44.2 Å². The molecule has 0 aliphatic carbocycles. The van der Waals surface area contributed by atoms with Crippen molar-refractivity contribution < 1.29 is 9.53 Å². The van der Waals surface area contributed by atoms with Gasteiger partial charge in [-0.05, 0) is 30.7 Å². The molecule has 1 heterocycles. The van der Waals surface area contributed by atoms with Crippen LogP contribution in [0.4, 0.5) is 0 Å². The van der Waals surface area contributed by atoms with Crippen LogP contribution >= 0.6 is 11.8 Å². The highest BCUT2D eigenvalue weighted by Gasteiger charge is 2.29. The standard InChI is InChI=1S/C20H32N2O2S/c1-4-24-15-21-19(14-25-13-18-8-6-5-7-9-18)20(23)22-11-16(2)10-17(3)12-22/h5-9,16-17,19,21H,4,10-15H2,1-3H3. The van der Waals surface area contributed by atoms with E-state index in [-0.39, 0.29) is 11.9 Å². The first-order chi connectivity index (χ1) is 12.1. The van der Waals surface area contributed by atoms with E-state index < -0.39 is 0 Å². The molecule has 5 heteroatoms. The molecule has 2 rings (SSSR count). The Balaban J connectivity index is 1.90. The van der Waals surface area contributed by atoms with E-state index in [9.17, 15) is 4.79 Å². The Morgan fingerprint density at radius 3 is 2.60 bits per heavy atom. The van der Waals surface area contributed by atoms with Gasteiger partial charge in [0.2, 0.25) is 5.91 Å². The molecule has 0 radical (unpaired) electrons. The SMILES string of the molecule is CCOCNC(CSCc1ccccc1)C(=O)N1CC(C)CC(C)C1. The molecule has 1 aromatic carbocycles. The molecule has 140 valence electrons. The van der Waals surface area contributed by atoms with Gasteiger partial charge in [-0.15, -0.1) is 0 Å². The zero-order valence-electron chi connectivity index (χ0n) is 15.7. The Hall–Kier alpha value is -1.04. The second kappa shape index (κ2) is 10.8. The fourth-order valence-corrected chi connectivity index (χ4v) is 4.45. The number of likely N-dealkylation sites (tertiary alicyclic amines) is 1. The van der Waals surface area contributed by atoms with Crippen LogP contribution in [-0.4, -0.2) is 49.0 Å². The summed E-state index contributed by atoms with van der Waals surface area (Å²) in [5.41, 5.74) is 1.30. The maximum Gasteiger partial charge on any atom is 0.240 e. The third-order valence-electron chi connectivity index (χ3n) is 4.51. The van der Waals surface area contributed by atoms with Gasteiger partial charge in [-0.2, -0.15) is 11.8 Å². The van der Waals surface area contributed by atoms with Gasteiger partial charge < -0.3 is 9.64 Å². The molecule has 0 saturated carbocycles. The molecule has 1 amide bonds. The minimum atomic E-state index is -0.183. The summed E-state index contributed by atoms with van der Waals surface area (Å²) in [5.74, 6) is 3.07. The maximum absolute atomic E-state index is 13.0. The molecule has 1 aliphatic rings. The molecule has 1 aromatic rings. The van der Waals surface area contributed by atoms with Gasteiger partial charge in [-0.25, -0.2) is 0 Å². The number of amides is 1. The van der Waals surface area contributed by atoms with E-state index in [1.54, 1.807) is 11.8 Å². The molecule has 4 nitrogen and oxygen atoms in total. The highest BCUT2D eigenvalue weighted by atomic mass is 32.2. The Bertz CT molecular complexity index is 502. The van der Waals surface area contributed by atoms with Crippen molar-refractivity contribution in [3.05, 3.63) is 35.9 Å². The Kier molecular flexibility index (Phi) is 8.79. The molecule has 3 unspecified atom stereocenters. The van der Waals surface area contributed by atoms with Crippen molar-refractivity contribution in [1.29, 1.82) is 0 Å². The van der Waals surface area contributed by atoms with Crippen LogP contribution in [0.2, 0.25) is 0 Å². The first-order valence-electron chi connectivity index (χ1n) is 9.31. The van der Waals surface area contributed by atoms with Gasteiger partial charge in [-0.3, -0.25) is 10.1 Å². The number of thioether (sulfide) groups is 1. The third-order valence-corrected chi connectivity index (χ3v) is 5.62. The zero-order chi connectivity index (χ0) is 18.1. The average molecular weight is 365 g/mol. The van der Waals surface area contributed by atoms with Gasteiger partial charge in [0.15, 0.2) is 0 Å². The zero-order valence-corrected chi connectivity index (χ0v) is 16.6. The summed E-state index contributed by atoms with van der Waals surface area (Å²) in [6.07, 6.45) is 1.21. The number of hydrogen-bond acceptors (Lipinski definition) is 4. The monoisotopic (exact) mass is 364 g/mol. The van der Waals surface area contributed by atoms with Crippen molar-refractivity contribution in [3.8, 4) is 0 Å². The average Bonchev–Trinajstić information content (AvgIpc) is 2.60. The van der Waals surface area contributed by atoms with E-state index in [0.717, 1.165) is 24.6 Å². The predicted molar refractivity (Wildman–Crippen MR) is 106 cm³/mol.